The summed E-state index contributed by atoms with van der Waals surface area (Å²) in [5, 5.41) is 3.48. The molecule has 0 aromatic heterocycles. The van der Waals surface area contributed by atoms with Crippen LogP contribution in [0.1, 0.15) is 18.9 Å². The maximum absolute atomic E-state index is 11.9. The third-order valence-electron chi connectivity index (χ3n) is 4.94. The van der Waals surface area contributed by atoms with E-state index in [0.29, 0.717) is 13.0 Å². The lowest BCUT2D eigenvalue weighted by atomic mass is 10.1. The quantitative estimate of drug-likeness (QED) is 0.488. The number of benzene rings is 2. The first-order valence-electron chi connectivity index (χ1n) is 10.2. The lowest BCUT2D eigenvalue weighted by molar-refractivity contribution is -0.153. The molecule has 1 N–H and O–H groups in total. The smallest absolute Gasteiger partial charge is 0.335 e. The molecule has 0 radical (unpaired) electrons. The summed E-state index contributed by atoms with van der Waals surface area (Å²) in [7, 11) is 1.39. The van der Waals surface area contributed by atoms with Crippen molar-refractivity contribution in [3.05, 3.63) is 54.1 Å². The molecule has 2 aromatic carbocycles. The molecule has 2 aromatic rings. The Bertz CT molecular complexity index is 796. The van der Waals surface area contributed by atoms with Gasteiger partial charge in [0, 0.05) is 31.8 Å². The average molecular weight is 399 g/mol. The molecule has 1 heterocycles. The summed E-state index contributed by atoms with van der Waals surface area (Å²) in [6.07, 6.45) is 0.949. The van der Waals surface area contributed by atoms with Crippen LogP contribution in [0.5, 0.6) is 5.75 Å². The van der Waals surface area contributed by atoms with Gasteiger partial charge in [-0.3, -0.25) is 0 Å². The number of carbonyl (C=O) groups excluding carboxylic acids is 1. The maximum Gasteiger partial charge on any atom is 0.335 e. The molecule has 6 nitrogen and oxygen atoms in total. The monoisotopic (exact) mass is 398 g/mol. The van der Waals surface area contributed by atoms with Gasteiger partial charge < -0.3 is 24.4 Å². The molecule has 156 valence electrons. The fourth-order valence-corrected chi connectivity index (χ4v) is 3.53. The molecule has 1 aliphatic rings. The summed E-state index contributed by atoms with van der Waals surface area (Å²) in [5.74, 6) is 0.630. The first-order chi connectivity index (χ1) is 14.2. The van der Waals surface area contributed by atoms with Crippen molar-refractivity contribution in [2.75, 3.05) is 50.2 Å². The molecule has 0 bridgehead atoms. The van der Waals surface area contributed by atoms with Crippen LogP contribution in [-0.2, 0) is 20.7 Å². The van der Waals surface area contributed by atoms with Crippen molar-refractivity contribution in [2.24, 2.45) is 0 Å². The molecule has 1 aliphatic heterocycles. The predicted octanol–water partition coefficient (Wildman–Crippen LogP) is 3.51. The summed E-state index contributed by atoms with van der Waals surface area (Å²) < 4.78 is 16.1. The number of nitrogens with one attached hydrogen (secondary N) is 1. The number of hydrogen-bond donors (Lipinski definition) is 1. The Morgan fingerprint density at radius 2 is 2.10 bits per heavy atom. The van der Waals surface area contributed by atoms with E-state index in [2.05, 4.69) is 22.3 Å². The van der Waals surface area contributed by atoms with Gasteiger partial charge in [0.25, 0.3) is 0 Å². The van der Waals surface area contributed by atoms with Crippen molar-refractivity contribution in [1.29, 1.82) is 0 Å². The third-order valence-corrected chi connectivity index (χ3v) is 4.94. The molecular weight excluding hydrogens is 368 g/mol. The standard InChI is InChI=1S/C23H30N2O4/c1-3-28-22(23(26)27-2)17-18-8-6-9-19(16-18)24-12-7-13-25-14-15-29-21-11-5-4-10-20(21)25/h4-6,8-11,16,22,24H,3,7,12-15,17H2,1-2H3. The summed E-state index contributed by atoms with van der Waals surface area (Å²) in [6, 6.07) is 16.3. The minimum Gasteiger partial charge on any atom is -0.490 e. The van der Waals surface area contributed by atoms with E-state index in [1.54, 1.807) is 0 Å². The molecular formula is C23H30N2O4. The number of rotatable bonds is 10. The zero-order valence-corrected chi connectivity index (χ0v) is 17.2. The molecule has 0 fully saturated rings. The molecule has 0 amide bonds. The minimum absolute atomic E-state index is 0.337. The minimum atomic E-state index is -0.568. The molecule has 0 spiro atoms. The number of carbonyl (C=O) groups is 1. The van der Waals surface area contributed by atoms with Crippen molar-refractivity contribution in [3.63, 3.8) is 0 Å². The largest absolute Gasteiger partial charge is 0.490 e. The number of hydrogen-bond acceptors (Lipinski definition) is 6. The molecule has 0 saturated carbocycles. The molecule has 1 unspecified atom stereocenters. The van der Waals surface area contributed by atoms with Gasteiger partial charge in [-0.05, 0) is 43.2 Å². The zero-order valence-electron chi connectivity index (χ0n) is 17.2. The van der Waals surface area contributed by atoms with Gasteiger partial charge in [-0.1, -0.05) is 24.3 Å². The van der Waals surface area contributed by atoms with Crippen LogP contribution >= 0.6 is 0 Å². The van der Waals surface area contributed by atoms with E-state index >= 15 is 0 Å². The number of ether oxygens (including phenoxy) is 3. The van der Waals surface area contributed by atoms with Gasteiger partial charge in [0.15, 0.2) is 6.10 Å². The molecule has 29 heavy (non-hydrogen) atoms. The van der Waals surface area contributed by atoms with Crippen molar-refractivity contribution in [1.82, 2.24) is 0 Å². The van der Waals surface area contributed by atoms with E-state index in [1.807, 2.05) is 43.3 Å². The van der Waals surface area contributed by atoms with Gasteiger partial charge in [0.1, 0.15) is 12.4 Å². The lowest BCUT2D eigenvalue weighted by Crippen LogP contribution is -2.34. The first-order valence-corrected chi connectivity index (χ1v) is 10.2. The zero-order chi connectivity index (χ0) is 20.5. The number of nitrogens with zero attached hydrogens (tertiary/aromatic N) is 1. The van der Waals surface area contributed by atoms with Crippen molar-refractivity contribution in [3.8, 4) is 5.75 Å². The van der Waals surface area contributed by atoms with Gasteiger partial charge in [-0.25, -0.2) is 4.79 Å². The van der Waals surface area contributed by atoms with Gasteiger partial charge in [-0.15, -0.1) is 0 Å². The molecule has 3 rings (SSSR count). The lowest BCUT2D eigenvalue weighted by Gasteiger charge is -2.31. The Morgan fingerprint density at radius 1 is 1.24 bits per heavy atom. The molecule has 1 atom stereocenters. The summed E-state index contributed by atoms with van der Waals surface area (Å²) >= 11 is 0. The van der Waals surface area contributed by atoms with Crippen molar-refractivity contribution >= 4 is 17.3 Å². The van der Waals surface area contributed by atoms with Crippen molar-refractivity contribution in [2.45, 2.75) is 25.9 Å². The normalized spacial score (nSPS) is 13.9. The highest BCUT2D eigenvalue weighted by Gasteiger charge is 2.20. The Kier molecular flexibility index (Phi) is 7.76. The van der Waals surface area contributed by atoms with Gasteiger partial charge >= 0.3 is 5.97 Å². The van der Waals surface area contributed by atoms with Gasteiger partial charge in [0.05, 0.1) is 19.3 Å². The maximum atomic E-state index is 11.9. The SMILES string of the molecule is CCOC(Cc1cccc(NCCCN2CCOc3ccccc32)c1)C(=O)OC. The van der Waals surface area contributed by atoms with Crippen LogP contribution in [0.3, 0.4) is 0 Å². The highest BCUT2D eigenvalue weighted by Crippen LogP contribution is 2.30. The van der Waals surface area contributed by atoms with Crippen LogP contribution in [0, 0.1) is 0 Å². The third kappa shape index (κ3) is 5.87. The van der Waals surface area contributed by atoms with Gasteiger partial charge in [0.2, 0.25) is 0 Å². The highest BCUT2D eigenvalue weighted by atomic mass is 16.6. The summed E-state index contributed by atoms with van der Waals surface area (Å²) in [4.78, 5) is 14.2. The van der Waals surface area contributed by atoms with Gasteiger partial charge in [-0.2, -0.15) is 0 Å². The first kappa shape index (κ1) is 21.0. The Balaban J connectivity index is 1.49. The number of esters is 1. The van der Waals surface area contributed by atoms with Crippen LogP contribution < -0.4 is 15.0 Å². The highest BCUT2D eigenvalue weighted by molar-refractivity contribution is 5.75. The fraction of sp³-hybridized carbons (Fsp3) is 0.435. The second-order valence-corrected chi connectivity index (χ2v) is 6.96. The Morgan fingerprint density at radius 3 is 2.93 bits per heavy atom. The van der Waals surface area contributed by atoms with Crippen LogP contribution in [0.4, 0.5) is 11.4 Å². The van der Waals surface area contributed by atoms with E-state index < -0.39 is 6.10 Å². The predicted molar refractivity (Wildman–Crippen MR) is 115 cm³/mol. The second-order valence-electron chi connectivity index (χ2n) is 6.96. The Hall–Kier alpha value is -2.73. The molecule has 0 saturated heterocycles. The topological polar surface area (TPSA) is 60.0 Å². The number of fused-ring (bicyclic) bond motifs is 1. The molecule has 0 aliphatic carbocycles. The summed E-state index contributed by atoms with van der Waals surface area (Å²) in [6.45, 7) is 5.84. The molecule has 6 heteroatoms. The van der Waals surface area contributed by atoms with Crippen molar-refractivity contribution < 1.29 is 19.0 Å². The Labute approximate surface area is 172 Å². The van der Waals surface area contributed by atoms with Crippen LogP contribution in [-0.4, -0.2) is 52.0 Å². The fourth-order valence-electron chi connectivity index (χ4n) is 3.53. The van der Waals surface area contributed by atoms with Crippen LogP contribution in [0.2, 0.25) is 0 Å². The number of anilines is 2. The van der Waals surface area contributed by atoms with E-state index in [4.69, 9.17) is 14.2 Å². The van der Waals surface area contributed by atoms with E-state index in [0.717, 1.165) is 49.7 Å². The summed E-state index contributed by atoms with van der Waals surface area (Å²) in [5.41, 5.74) is 3.26. The number of para-hydroxylation sites is 2. The van der Waals surface area contributed by atoms with E-state index in [1.165, 1.54) is 12.8 Å². The van der Waals surface area contributed by atoms with E-state index in [9.17, 15) is 4.79 Å². The van der Waals surface area contributed by atoms with Crippen LogP contribution in [0.25, 0.3) is 0 Å². The second kappa shape index (κ2) is 10.7. The van der Waals surface area contributed by atoms with Crippen LogP contribution in [0.15, 0.2) is 48.5 Å². The average Bonchev–Trinajstić information content (AvgIpc) is 2.76. The number of methoxy groups -OCH3 is 1. The van der Waals surface area contributed by atoms with E-state index in [-0.39, 0.29) is 5.97 Å².